The van der Waals surface area contributed by atoms with E-state index in [9.17, 15) is 10.1 Å². The van der Waals surface area contributed by atoms with Gasteiger partial charge in [-0.15, -0.1) is 10.2 Å². The van der Waals surface area contributed by atoms with Crippen molar-refractivity contribution in [3.8, 4) is 6.07 Å². The predicted octanol–water partition coefficient (Wildman–Crippen LogP) is 1.44. The molecule has 2 atom stereocenters. The zero-order valence-corrected chi connectivity index (χ0v) is 18.2. The molecule has 1 aromatic rings. The van der Waals surface area contributed by atoms with Crippen molar-refractivity contribution in [1.29, 1.82) is 5.26 Å². The molecule has 2 unspecified atom stereocenters. The van der Waals surface area contributed by atoms with Crippen LogP contribution in [0.5, 0.6) is 0 Å². The normalized spacial score (nSPS) is 21.8. The van der Waals surface area contributed by atoms with Crippen LogP contribution in [0.4, 0.5) is 5.95 Å². The molecular formula is C19H30N6O3S. The van der Waals surface area contributed by atoms with Crippen LogP contribution in [-0.4, -0.2) is 71.0 Å². The molecule has 0 aliphatic carbocycles. The van der Waals surface area contributed by atoms with Gasteiger partial charge in [0, 0.05) is 19.7 Å². The molecule has 2 aliphatic rings. The van der Waals surface area contributed by atoms with Crippen LogP contribution in [0.2, 0.25) is 0 Å². The summed E-state index contributed by atoms with van der Waals surface area (Å²) in [5.41, 5.74) is -0.887. The van der Waals surface area contributed by atoms with Gasteiger partial charge in [-0.05, 0) is 25.7 Å². The van der Waals surface area contributed by atoms with Crippen LogP contribution in [0.3, 0.4) is 0 Å². The molecule has 0 aromatic carbocycles. The number of aromatic nitrogens is 3. The van der Waals surface area contributed by atoms with Crippen molar-refractivity contribution in [3.63, 3.8) is 0 Å². The van der Waals surface area contributed by atoms with E-state index in [0.717, 1.165) is 38.5 Å². The molecular weight excluding hydrogens is 392 g/mol. The molecule has 2 aliphatic heterocycles. The third-order valence-corrected chi connectivity index (χ3v) is 6.49. The van der Waals surface area contributed by atoms with E-state index in [4.69, 9.17) is 9.47 Å². The Labute approximate surface area is 176 Å². The first-order valence-electron chi connectivity index (χ1n) is 10.2. The van der Waals surface area contributed by atoms with Crippen LogP contribution in [0.15, 0.2) is 5.16 Å². The second-order valence-electron chi connectivity index (χ2n) is 7.93. The Balaban J connectivity index is 1.70. The van der Waals surface area contributed by atoms with E-state index in [1.165, 1.54) is 11.8 Å². The predicted molar refractivity (Wildman–Crippen MR) is 110 cm³/mol. The highest BCUT2D eigenvalue weighted by atomic mass is 32.2. The number of carbonyl (C=O) groups is 1. The van der Waals surface area contributed by atoms with Crippen molar-refractivity contribution < 1.29 is 14.3 Å². The fourth-order valence-electron chi connectivity index (χ4n) is 3.29. The Kier molecular flexibility index (Phi) is 7.38. The van der Waals surface area contributed by atoms with Gasteiger partial charge in [-0.25, -0.2) is 0 Å². The smallest absolute Gasteiger partial charge is 0.231 e. The lowest BCUT2D eigenvalue weighted by molar-refractivity contribution is -0.120. The van der Waals surface area contributed by atoms with Crippen LogP contribution in [0.25, 0.3) is 0 Å². The van der Waals surface area contributed by atoms with Gasteiger partial charge in [0.1, 0.15) is 5.54 Å². The number of rotatable bonds is 8. The number of nitrogens with zero attached hydrogens (tertiary/aromatic N) is 5. The van der Waals surface area contributed by atoms with E-state index in [-0.39, 0.29) is 23.7 Å². The zero-order chi connectivity index (χ0) is 20.9. The molecule has 9 nitrogen and oxygen atoms in total. The number of hydrogen-bond acceptors (Lipinski definition) is 8. The van der Waals surface area contributed by atoms with E-state index in [1.807, 2.05) is 13.8 Å². The SMILES string of the molecule is CC(C)C(C)(C#N)NC(=O)CSc1nnc(N2CCOCC2)n1CC1CCCO1. The van der Waals surface area contributed by atoms with Gasteiger partial charge in [-0.2, -0.15) is 5.26 Å². The van der Waals surface area contributed by atoms with Crippen molar-refractivity contribution >= 4 is 23.6 Å². The molecule has 10 heteroatoms. The number of morpholine rings is 1. The van der Waals surface area contributed by atoms with Crippen molar-refractivity contribution in [1.82, 2.24) is 20.1 Å². The third kappa shape index (κ3) is 5.41. The summed E-state index contributed by atoms with van der Waals surface area (Å²) in [4.78, 5) is 14.6. The summed E-state index contributed by atoms with van der Waals surface area (Å²) in [5.74, 6) is 0.803. The van der Waals surface area contributed by atoms with E-state index in [1.54, 1.807) is 6.92 Å². The number of hydrogen-bond donors (Lipinski definition) is 1. The van der Waals surface area contributed by atoms with Crippen molar-refractivity contribution in [3.05, 3.63) is 0 Å². The summed E-state index contributed by atoms with van der Waals surface area (Å²) in [6, 6.07) is 2.20. The van der Waals surface area contributed by atoms with E-state index < -0.39 is 5.54 Å². The molecule has 0 saturated carbocycles. The zero-order valence-electron chi connectivity index (χ0n) is 17.4. The highest BCUT2D eigenvalue weighted by Crippen LogP contribution is 2.26. The molecule has 0 radical (unpaired) electrons. The number of ether oxygens (including phenoxy) is 2. The molecule has 0 bridgehead atoms. The molecule has 1 aromatic heterocycles. The first kappa shape index (κ1) is 21.9. The summed E-state index contributed by atoms with van der Waals surface area (Å²) < 4.78 is 13.3. The molecule has 29 heavy (non-hydrogen) atoms. The van der Waals surface area contributed by atoms with Gasteiger partial charge in [-0.1, -0.05) is 25.6 Å². The Morgan fingerprint density at radius 2 is 2.14 bits per heavy atom. The fraction of sp³-hybridized carbons (Fsp3) is 0.789. The summed E-state index contributed by atoms with van der Waals surface area (Å²) in [5, 5.41) is 21.7. The molecule has 0 spiro atoms. The molecule has 2 fully saturated rings. The lowest BCUT2D eigenvalue weighted by atomic mass is 9.90. The molecule has 1 N–H and O–H groups in total. The Bertz CT molecular complexity index is 737. The van der Waals surface area contributed by atoms with Crippen molar-refractivity contribution in [2.45, 2.75) is 57.0 Å². The van der Waals surface area contributed by atoms with Crippen molar-refractivity contribution in [2.24, 2.45) is 5.92 Å². The lowest BCUT2D eigenvalue weighted by Gasteiger charge is -2.28. The largest absolute Gasteiger partial charge is 0.378 e. The second-order valence-corrected chi connectivity index (χ2v) is 8.88. The monoisotopic (exact) mass is 422 g/mol. The van der Waals surface area contributed by atoms with Crippen LogP contribution >= 0.6 is 11.8 Å². The number of carbonyl (C=O) groups excluding carboxylic acids is 1. The fourth-order valence-corrected chi connectivity index (χ4v) is 4.04. The van der Waals surface area contributed by atoms with Crippen LogP contribution in [0, 0.1) is 17.2 Å². The maximum Gasteiger partial charge on any atom is 0.231 e. The van der Waals surface area contributed by atoms with Gasteiger partial charge in [0.25, 0.3) is 0 Å². The number of nitrogens with one attached hydrogen (secondary N) is 1. The highest BCUT2D eigenvalue weighted by Gasteiger charge is 2.30. The van der Waals surface area contributed by atoms with Gasteiger partial charge in [-0.3, -0.25) is 9.36 Å². The Hall–Kier alpha value is -1.83. The van der Waals surface area contributed by atoms with Crippen LogP contribution in [0.1, 0.15) is 33.6 Å². The average molecular weight is 423 g/mol. The van der Waals surface area contributed by atoms with E-state index >= 15 is 0 Å². The molecule has 3 heterocycles. The minimum Gasteiger partial charge on any atom is -0.378 e. The number of amides is 1. The van der Waals surface area contributed by atoms with Gasteiger partial charge in [0.2, 0.25) is 11.9 Å². The van der Waals surface area contributed by atoms with Gasteiger partial charge < -0.3 is 19.7 Å². The first-order valence-corrected chi connectivity index (χ1v) is 11.1. The van der Waals surface area contributed by atoms with E-state index in [0.29, 0.717) is 24.9 Å². The van der Waals surface area contributed by atoms with Gasteiger partial charge in [0.05, 0.1) is 37.7 Å². The summed E-state index contributed by atoms with van der Waals surface area (Å²) in [6.45, 7) is 9.91. The quantitative estimate of drug-likeness (QED) is 0.628. The minimum atomic E-state index is -0.887. The molecule has 3 rings (SSSR count). The minimum absolute atomic E-state index is 0.0116. The average Bonchev–Trinajstić information content (AvgIpc) is 3.37. The summed E-state index contributed by atoms with van der Waals surface area (Å²) in [6.07, 6.45) is 2.22. The number of anilines is 1. The second kappa shape index (κ2) is 9.78. The molecule has 2 saturated heterocycles. The highest BCUT2D eigenvalue weighted by molar-refractivity contribution is 7.99. The molecule has 160 valence electrons. The first-order chi connectivity index (χ1) is 13.9. The number of nitriles is 1. The van der Waals surface area contributed by atoms with E-state index in [2.05, 4.69) is 31.1 Å². The van der Waals surface area contributed by atoms with Crippen LogP contribution in [-0.2, 0) is 20.8 Å². The standard InChI is InChI=1S/C19H30N6O3S/c1-14(2)19(3,13-20)21-16(26)12-29-18-23-22-17(24-6-9-27-10-7-24)25(18)11-15-5-4-8-28-15/h14-15H,4-12H2,1-3H3,(H,21,26). The molecule has 1 amide bonds. The maximum absolute atomic E-state index is 12.5. The third-order valence-electron chi connectivity index (χ3n) is 5.52. The number of thioether (sulfide) groups is 1. The van der Waals surface area contributed by atoms with Crippen LogP contribution < -0.4 is 10.2 Å². The van der Waals surface area contributed by atoms with Gasteiger partial charge >= 0.3 is 0 Å². The van der Waals surface area contributed by atoms with Crippen molar-refractivity contribution in [2.75, 3.05) is 43.6 Å². The summed E-state index contributed by atoms with van der Waals surface area (Å²) >= 11 is 1.34. The van der Waals surface area contributed by atoms with Gasteiger partial charge in [0.15, 0.2) is 5.16 Å². The maximum atomic E-state index is 12.5. The Morgan fingerprint density at radius 3 is 2.76 bits per heavy atom. The summed E-state index contributed by atoms with van der Waals surface area (Å²) in [7, 11) is 0. The topological polar surface area (TPSA) is 105 Å². The lowest BCUT2D eigenvalue weighted by Crippen LogP contribution is -2.49. The Morgan fingerprint density at radius 1 is 1.38 bits per heavy atom.